The highest BCUT2D eigenvalue weighted by Crippen LogP contribution is 2.23. The van der Waals surface area contributed by atoms with E-state index in [0.717, 1.165) is 5.56 Å². The van der Waals surface area contributed by atoms with E-state index in [1.54, 1.807) is 30.3 Å². The fourth-order valence-electron chi connectivity index (χ4n) is 1.84. The van der Waals surface area contributed by atoms with Crippen LogP contribution in [-0.4, -0.2) is 23.1 Å². The molecule has 2 aromatic rings. The summed E-state index contributed by atoms with van der Waals surface area (Å²) in [6, 6.07) is 9.86. The summed E-state index contributed by atoms with van der Waals surface area (Å²) in [4.78, 5) is 23.5. The quantitative estimate of drug-likeness (QED) is 0.389. The van der Waals surface area contributed by atoms with Gasteiger partial charge in [-0.1, -0.05) is 17.7 Å². The van der Waals surface area contributed by atoms with Gasteiger partial charge in [0.15, 0.2) is 0 Å². The second-order valence-electron chi connectivity index (χ2n) is 5.19. The average molecular weight is 425 g/mol. The van der Waals surface area contributed by atoms with Gasteiger partial charge in [-0.2, -0.15) is 5.10 Å². The number of phenolic OH excluding ortho intramolecular Hbond substituents is 1. The fourth-order valence-corrected chi connectivity index (χ4v) is 2.42. The number of hydrogen-bond donors (Lipinski definition) is 3. The predicted molar refractivity (Wildman–Crippen MR) is 101 cm³/mol. The summed E-state index contributed by atoms with van der Waals surface area (Å²) in [5, 5.41) is 16.3. The number of halogens is 2. The van der Waals surface area contributed by atoms with Gasteiger partial charge < -0.3 is 10.4 Å². The highest BCUT2D eigenvalue weighted by Gasteiger charge is 2.09. The minimum absolute atomic E-state index is 0.106. The number of benzene rings is 2. The molecule has 0 aliphatic carbocycles. The summed E-state index contributed by atoms with van der Waals surface area (Å²) in [6.07, 6.45) is 1.03. The van der Waals surface area contributed by atoms with Gasteiger partial charge >= 0.3 is 0 Å². The Bertz CT molecular complexity index is 840. The Kier molecular flexibility index (Phi) is 6.55. The smallest absolute Gasteiger partial charge is 0.249 e. The fraction of sp³-hybridized carbons (Fsp3) is 0.118. The molecule has 8 heteroatoms. The van der Waals surface area contributed by atoms with E-state index in [1.165, 1.54) is 12.3 Å². The molecule has 6 nitrogen and oxygen atoms in total. The zero-order valence-corrected chi connectivity index (χ0v) is 15.6. The van der Waals surface area contributed by atoms with Gasteiger partial charge in [0.05, 0.1) is 10.7 Å². The van der Waals surface area contributed by atoms with Crippen LogP contribution in [0.5, 0.6) is 5.75 Å². The molecule has 2 aromatic carbocycles. The summed E-state index contributed by atoms with van der Waals surface area (Å²) in [6.45, 7) is 1.85. The van der Waals surface area contributed by atoms with Gasteiger partial charge in [0.2, 0.25) is 11.8 Å². The number of phenols is 1. The summed E-state index contributed by atoms with van der Waals surface area (Å²) < 4.78 is 0.513. The Hall–Kier alpha value is -2.38. The second-order valence-corrected chi connectivity index (χ2v) is 6.45. The molecule has 3 N–H and O–H groups in total. The minimum atomic E-state index is -0.551. The SMILES string of the molecule is Cc1ccc(NC(=O)CC(=O)N/N=C/c2ccc(O)c(Br)c2)cc1Cl. The number of hydrogen-bond acceptors (Lipinski definition) is 4. The van der Waals surface area contributed by atoms with Gasteiger partial charge in [0.25, 0.3) is 0 Å². The maximum Gasteiger partial charge on any atom is 0.249 e. The highest BCUT2D eigenvalue weighted by atomic mass is 79.9. The van der Waals surface area contributed by atoms with E-state index < -0.39 is 11.8 Å². The number of nitrogens with one attached hydrogen (secondary N) is 2. The first-order valence-electron chi connectivity index (χ1n) is 7.21. The summed E-state index contributed by atoms with van der Waals surface area (Å²) in [5.41, 5.74) is 4.35. The van der Waals surface area contributed by atoms with Crippen LogP contribution in [0, 0.1) is 6.92 Å². The molecule has 2 rings (SSSR count). The van der Waals surface area contributed by atoms with E-state index in [-0.39, 0.29) is 12.2 Å². The summed E-state index contributed by atoms with van der Waals surface area (Å²) >= 11 is 9.16. The van der Waals surface area contributed by atoms with Crippen molar-refractivity contribution in [1.29, 1.82) is 0 Å². The van der Waals surface area contributed by atoms with Crippen molar-refractivity contribution < 1.29 is 14.7 Å². The van der Waals surface area contributed by atoms with Gasteiger partial charge in [0.1, 0.15) is 12.2 Å². The molecule has 0 radical (unpaired) electrons. The number of nitrogens with zero attached hydrogens (tertiary/aromatic N) is 1. The van der Waals surface area contributed by atoms with E-state index in [1.807, 2.05) is 6.92 Å². The Morgan fingerprint density at radius 1 is 1.24 bits per heavy atom. The maximum atomic E-state index is 11.8. The predicted octanol–water partition coefficient (Wildman–Crippen LogP) is 3.60. The lowest BCUT2D eigenvalue weighted by Gasteiger charge is -2.06. The maximum absolute atomic E-state index is 11.8. The minimum Gasteiger partial charge on any atom is -0.507 e. The van der Waals surface area contributed by atoms with Crippen molar-refractivity contribution in [2.45, 2.75) is 13.3 Å². The molecule has 0 aliphatic heterocycles. The first-order chi connectivity index (χ1) is 11.8. The van der Waals surface area contributed by atoms with Crippen LogP contribution in [0.3, 0.4) is 0 Å². The molecule has 0 saturated heterocycles. The topological polar surface area (TPSA) is 90.8 Å². The first kappa shape index (κ1) is 19.0. The van der Waals surface area contributed by atoms with Crippen molar-refractivity contribution in [2.75, 3.05) is 5.32 Å². The van der Waals surface area contributed by atoms with Gasteiger partial charge in [-0.25, -0.2) is 5.43 Å². The van der Waals surface area contributed by atoms with Crippen LogP contribution in [0.4, 0.5) is 5.69 Å². The Morgan fingerprint density at radius 3 is 2.68 bits per heavy atom. The zero-order chi connectivity index (χ0) is 18.4. The van der Waals surface area contributed by atoms with Crippen LogP contribution >= 0.6 is 27.5 Å². The van der Waals surface area contributed by atoms with Crippen molar-refractivity contribution in [3.8, 4) is 5.75 Å². The number of carbonyl (C=O) groups is 2. The molecule has 0 unspecified atom stereocenters. The number of hydrazone groups is 1. The van der Waals surface area contributed by atoms with Crippen LogP contribution in [0.1, 0.15) is 17.5 Å². The average Bonchev–Trinajstić information content (AvgIpc) is 2.54. The molecule has 0 aliphatic rings. The van der Waals surface area contributed by atoms with Crippen LogP contribution in [0.15, 0.2) is 46.0 Å². The Morgan fingerprint density at radius 2 is 2.00 bits per heavy atom. The number of rotatable bonds is 5. The van der Waals surface area contributed by atoms with Crippen molar-refractivity contribution >= 4 is 51.2 Å². The molecule has 25 heavy (non-hydrogen) atoms. The van der Waals surface area contributed by atoms with Crippen molar-refractivity contribution in [3.63, 3.8) is 0 Å². The number of amides is 2. The molecule has 0 fully saturated rings. The van der Waals surface area contributed by atoms with Gasteiger partial charge in [-0.15, -0.1) is 0 Å². The monoisotopic (exact) mass is 423 g/mol. The van der Waals surface area contributed by atoms with E-state index >= 15 is 0 Å². The van der Waals surface area contributed by atoms with Gasteiger partial charge in [0, 0.05) is 10.7 Å². The third-order valence-electron chi connectivity index (χ3n) is 3.15. The molecule has 0 bridgehead atoms. The molecule has 0 aromatic heterocycles. The van der Waals surface area contributed by atoms with Crippen LogP contribution < -0.4 is 10.7 Å². The first-order valence-corrected chi connectivity index (χ1v) is 8.38. The lowest BCUT2D eigenvalue weighted by atomic mass is 10.2. The van der Waals surface area contributed by atoms with Crippen LogP contribution in [-0.2, 0) is 9.59 Å². The molecule has 0 spiro atoms. The third-order valence-corrected chi connectivity index (χ3v) is 4.19. The standard InChI is InChI=1S/C17H15BrClN3O3/c1-10-2-4-12(7-14(10)19)21-16(24)8-17(25)22-20-9-11-3-5-15(23)13(18)6-11/h2-7,9,23H,8H2,1H3,(H,21,24)(H,22,25)/b20-9+. The van der Waals surface area contributed by atoms with E-state index in [2.05, 4.69) is 31.8 Å². The normalized spacial score (nSPS) is 10.7. The summed E-state index contributed by atoms with van der Waals surface area (Å²) in [7, 11) is 0. The lowest BCUT2D eigenvalue weighted by Crippen LogP contribution is -2.24. The largest absolute Gasteiger partial charge is 0.507 e. The molecule has 0 atom stereocenters. The van der Waals surface area contributed by atoms with Crippen molar-refractivity contribution in [1.82, 2.24) is 5.43 Å². The van der Waals surface area contributed by atoms with Crippen LogP contribution in [0.2, 0.25) is 5.02 Å². The number of aryl methyl sites for hydroxylation is 1. The second kappa shape index (κ2) is 8.64. The van der Waals surface area contributed by atoms with E-state index in [4.69, 9.17) is 11.6 Å². The molecule has 0 saturated carbocycles. The number of carbonyl (C=O) groups excluding carboxylic acids is 2. The van der Waals surface area contributed by atoms with Gasteiger partial charge in [-0.05, 0) is 64.3 Å². The van der Waals surface area contributed by atoms with E-state index in [9.17, 15) is 14.7 Å². The highest BCUT2D eigenvalue weighted by molar-refractivity contribution is 9.10. The Labute approximate surface area is 158 Å². The lowest BCUT2D eigenvalue weighted by molar-refractivity contribution is -0.126. The molecular formula is C17H15BrClN3O3. The van der Waals surface area contributed by atoms with Gasteiger partial charge in [-0.3, -0.25) is 9.59 Å². The zero-order valence-electron chi connectivity index (χ0n) is 13.2. The summed E-state index contributed by atoms with van der Waals surface area (Å²) in [5.74, 6) is -0.918. The van der Waals surface area contributed by atoms with Crippen molar-refractivity contribution in [3.05, 3.63) is 57.0 Å². The Balaban J connectivity index is 1.84. The molecule has 2 amide bonds. The molecule has 130 valence electrons. The number of aromatic hydroxyl groups is 1. The van der Waals surface area contributed by atoms with Crippen LogP contribution in [0.25, 0.3) is 0 Å². The molecular weight excluding hydrogens is 410 g/mol. The molecule has 0 heterocycles. The third kappa shape index (κ3) is 5.88. The van der Waals surface area contributed by atoms with Crippen molar-refractivity contribution in [2.24, 2.45) is 5.10 Å². The number of anilines is 1. The van der Waals surface area contributed by atoms with E-state index in [0.29, 0.717) is 20.7 Å².